The zero-order valence-electron chi connectivity index (χ0n) is 18.2. The molecule has 0 aromatic carbocycles. The standard InChI is InChI=1S/C22H44O6/c1-3-5-6-7-8-9-10-11-12-24-15-16-26-19-20-28-22-21-27-18-17-25-14-13-23-4-2/h4H,2-3,5-22H2,1H3. The summed E-state index contributed by atoms with van der Waals surface area (Å²) < 4.78 is 32.1. The highest BCUT2D eigenvalue weighted by Gasteiger charge is 1.95. The Labute approximate surface area is 172 Å². The highest BCUT2D eigenvalue weighted by Crippen LogP contribution is 2.08. The van der Waals surface area contributed by atoms with Gasteiger partial charge in [-0.15, -0.1) is 0 Å². The molecule has 28 heavy (non-hydrogen) atoms. The molecule has 0 amide bonds. The van der Waals surface area contributed by atoms with E-state index in [1.165, 1.54) is 51.2 Å². The fraction of sp³-hybridized carbons (Fsp3) is 0.909. The van der Waals surface area contributed by atoms with Crippen LogP contribution in [0.25, 0.3) is 0 Å². The summed E-state index contributed by atoms with van der Waals surface area (Å²) in [5.74, 6) is 0. The summed E-state index contributed by atoms with van der Waals surface area (Å²) in [6.07, 6.45) is 12.0. The van der Waals surface area contributed by atoms with E-state index in [0.29, 0.717) is 66.1 Å². The first-order valence-corrected chi connectivity index (χ1v) is 11.0. The molecule has 0 aromatic heterocycles. The second-order valence-electron chi connectivity index (χ2n) is 6.57. The first-order valence-electron chi connectivity index (χ1n) is 11.0. The van der Waals surface area contributed by atoms with Gasteiger partial charge in [0.05, 0.1) is 65.7 Å². The molecule has 0 fully saturated rings. The summed E-state index contributed by atoms with van der Waals surface area (Å²) in [6.45, 7) is 12.3. The smallest absolute Gasteiger partial charge is 0.111 e. The van der Waals surface area contributed by atoms with Gasteiger partial charge >= 0.3 is 0 Å². The summed E-state index contributed by atoms with van der Waals surface area (Å²) in [6, 6.07) is 0. The molecule has 0 heterocycles. The maximum Gasteiger partial charge on any atom is 0.111 e. The van der Waals surface area contributed by atoms with Crippen LogP contribution in [0.1, 0.15) is 58.3 Å². The normalized spacial score (nSPS) is 11.0. The lowest BCUT2D eigenvalue weighted by molar-refractivity contribution is -0.0138. The average molecular weight is 405 g/mol. The summed E-state index contributed by atoms with van der Waals surface area (Å²) in [5.41, 5.74) is 0. The van der Waals surface area contributed by atoms with Crippen LogP contribution in [0.15, 0.2) is 12.8 Å². The summed E-state index contributed by atoms with van der Waals surface area (Å²) in [5, 5.41) is 0. The molecule has 0 aromatic rings. The van der Waals surface area contributed by atoms with Crippen LogP contribution < -0.4 is 0 Å². The number of hydrogen-bond acceptors (Lipinski definition) is 6. The van der Waals surface area contributed by atoms with Crippen molar-refractivity contribution in [1.29, 1.82) is 0 Å². The first-order chi connectivity index (χ1) is 13.9. The first kappa shape index (κ1) is 27.3. The van der Waals surface area contributed by atoms with E-state index in [1.807, 2.05) is 0 Å². The predicted molar refractivity (Wildman–Crippen MR) is 113 cm³/mol. The molecule has 0 N–H and O–H groups in total. The third-order valence-electron chi connectivity index (χ3n) is 4.09. The van der Waals surface area contributed by atoms with Gasteiger partial charge in [0.2, 0.25) is 0 Å². The molecule has 0 rings (SSSR count). The lowest BCUT2D eigenvalue weighted by atomic mass is 10.1. The van der Waals surface area contributed by atoms with Gasteiger partial charge in [-0.2, -0.15) is 0 Å². The molecule has 0 atom stereocenters. The molecule has 0 spiro atoms. The topological polar surface area (TPSA) is 55.4 Å². The Morgan fingerprint density at radius 1 is 0.464 bits per heavy atom. The van der Waals surface area contributed by atoms with Crippen LogP contribution in [-0.4, -0.2) is 72.7 Å². The van der Waals surface area contributed by atoms with Crippen LogP contribution >= 0.6 is 0 Å². The van der Waals surface area contributed by atoms with E-state index < -0.39 is 0 Å². The van der Waals surface area contributed by atoms with Gasteiger partial charge < -0.3 is 28.4 Å². The molecule has 0 saturated carbocycles. The van der Waals surface area contributed by atoms with E-state index in [4.69, 9.17) is 28.4 Å². The predicted octanol–water partition coefficient (Wildman–Crippen LogP) is 4.37. The van der Waals surface area contributed by atoms with Crippen LogP contribution in [-0.2, 0) is 28.4 Å². The Morgan fingerprint density at radius 3 is 1.25 bits per heavy atom. The SMILES string of the molecule is C=COCCOCCOCCOCCOCCOCCCCCCCCCC. The van der Waals surface area contributed by atoms with E-state index in [0.717, 1.165) is 13.0 Å². The second kappa shape index (κ2) is 26.3. The van der Waals surface area contributed by atoms with Crippen molar-refractivity contribution in [3.8, 4) is 0 Å². The Bertz CT molecular complexity index is 288. The number of hydrogen-bond donors (Lipinski definition) is 0. The van der Waals surface area contributed by atoms with Gasteiger partial charge in [0.1, 0.15) is 6.61 Å². The van der Waals surface area contributed by atoms with E-state index in [1.54, 1.807) is 0 Å². The summed E-state index contributed by atoms with van der Waals surface area (Å²) in [7, 11) is 0. The van der Waals surface area contributed by atoms with Crippen molar-refractivity contribution in [2.75, 3.05) is 72.7 Å². The van der Waals surface area contributed by atoms with Gasteiger partial charge in [-0.05, 0) is 6.42 Å². The Kier molecular flexibility index (Phi) is 25.7. The molecule has 6 nitrogen and oxygen atoms in total. The van der Waals surface area contributed by atoms with Gasteiger partial charge in [-0.3, -0.25) is 0 Å². The van der Waals surface area contributed by atoms with Crippen molar-refractivity contribution in [1.82, 2.24) is 0 Å². The molecule has 0 aliphatic heterocycles. The van der Waals surface area contributed by atoms with Gasteiger partial charge in [-0.1, -0.05) is 58.4 Å². The van der Waals surface area contributed by atoms with Gasteiger partial charge in [0.25, 0.3) is 0 Å². The quantitative estimate of drug-likeness (QED) is 0.166. The van der Waals surface area contributed by atoms with Crippen molar-refractivity contribution in [2.24, 2.45) is 0 Å². The van der Waals surface area contributed by atoms with E-state index in [-0.39, 0.29) is 0 Å². The van der Waals surface area contributed by atoms with Crippen LogP contribution in [0, 0.1) is 0 Å². The molecule has 0 unspecified atom stereocenters. The largest absolute Gasteiger partial charge is 0.499 e. The number of rotatable bonds is 25. The molecular weight excluding hydrogens is 360 g/mol. The highest BCUT2D eigenvalue weighted by atomic mass is 16.6. The lowest BCUT2D eigenvalue weighted by Crippen LogP contribution is -2.13. The number of ether oxygens (including phenoxy) is 6. The third kappa shape index (κ3) is 25.3. The maximum absolute atomic E-state index is 5.58. The summed E-state index contributed by atoms with van der Waals surface area (Å²) in [4.78, 5) is 0. The highest BCUT2D eigenvalue weighted by molar-refractivity contribution is 4.48. The van der Waals surface area contributed by atoms with Crippen molar-refractivity contribution in [3.05, 3.63) is 12.8 Å². The van der Waals surface area contributed by atoms with Crippen molar-refractivity contribution < 1.29 is 28.4 Å². The van der Waals surface area contributed by atoms with Gasteiger partial charge in [0, 0.05) is 6.61 Å². The molecule has 168 valence electrons. The second-order valence-corrected chi connectivity index (χ2v) is 6.57. The molecule has 0 radical (unpaired) electrons. The zero-order chi connectivity index (χ0) is 20.4. The minimum Gasteiger partial charge on any atom is -0.499 e. The average Bonchev–Trinajstić information content (AvgIpc) is 2.71. The monoisotopic (exact) mass is 404 g/mol. The molecule has 0 aliphatic carbocycles. The van der Waals surface area contributed by atoms with Gasteiger partial charge in [-0.25, -0.2) is 0 Å². The van der Waals surface area contributed by atoms with Crippen LogP contribution in [0.5, 0.6) is 0 Å². The molecular formula is C22H44O6. The lowest BCUT2D eigenvalue weighted by Gasteiger charge is -2.08. The maximum atomic E-state index is 5.58. The fourth-order valence-electron chi connectivity index (χ4n) is 2.51. The molecule has 6 heteroatoms. The zero-order valence-corrected chi connectivity index (χ0v) is 18.2. The van der Waals surface area contributed by atoms with E-state index in [2.05, 4.69) is 13.5 Å². The van der Waals surface area contributed by atoms with E-state index in [9.17, 15) is 0 Å². The van der Waals surface area contributed by atoms with E-state index >= 15 is 0 Å². The summed E-state index contributed by atoms with van der Waals surface area (Å²) >= 11 is 0. The van der Waals surface area contributed by atoms with Crippen LogP contribution in [0.4, 0.5) is 0 Å². The molecule has 0 saturated heterocycles. The molecule has 0 bridgehead atoms. The van der Waals surface area contributed by atoms with Gasteiger partial charge in [0.15, 0.2) is 0 Å². The van der Waals surface area contributed by atoms with Crippen molar-refractivity contribution in [3.63, 3.8) is 0 Å². The van der Waals surface area contributed by atoms with Crippen molar-refractivity contribution >= 4 is 0 Å². The minimum atomic E-state index is 0.525. The third-order valence-corrected chi connectivity index (χ3v) is 4.09. The Balaban J connectivity index is 2.97. The fourth-order valence-corrected chi connectivity index (χ4v) is 2.51. The van der Waals surface area contributed by atoms with Crippen LogP contribution in [0.3, 0.4) is 0 Å². The minimum absolute atomic E-state index is 0.525. The number of unbranched alkanes of at least 4 members (excludes halogenated alkanes) is 7. The molecule has 0 aliphatic rings. The Morgan fingerprint density at radius 2 is 0.821 bits per heavy atom. The van der Waals surface area contributed by atoms with Crippen LogP contribution in [0.2, 0.25) is 0 Å². The van der Waals surface area contributed by atoms with Crippen molar-refractivity contribution in [2.45, 2.75) is 58.3 Å². The Hall–Kier alpha value is -0.660.